The number of ether oxygens (including phenoxy) is 3. The van der Waals surface area contributed by atoms with Crippen molar-refractivity contribution in [3.63, 3.8) is 0 Å². The van der Waals surface area contributed by atoms with E-state index in [2.05, 4.69) is 16.0 Å². The van der Waals surface area contributed by atoms with Crippen LogP contribution in [0.5, 0.6) is 5.75 Å². The van der Waals surface area contributed by atoms with Crippen LogP contribution in [0.1, 0.15) is 18.9 Å². The predicted molar refractivity (Wildman–Crippen MR) is 131 cm³/mol. The minimum atomic E-state index is -3.66. The zero-order valence-electron chi connectivity index (χ0n) is 21.3. The molecule has 3 aliphatic rings. The number of benzene rings is 1. The van der Waals surface area contributed by atoms with Gasteiger partial charge < -0.3 is 60.0 Å². The van der Waals surface area contributed by atoms with Crippen LogP contribution in [0.25, 0.3) is 0 Å². The first kappa shape index (κ1) is 28.8. The molecule has 0 bridgehead atoms. The minimum absolute atomic E-state index is 0.0251. The van der Waals surface area contributed by atoms with Crippen molar-refractivity contribution in [1.29, 1.82) is 0 Å². The second kappa shape index (κ2) is 10.8. The van der Waals surface area contributed by atoms with Gasteiger partial charge in [0, 0.05) is 26.2 Å². The smallest absolute Gasteiger partial charge is 0.373 e. The third-order valence-electron chi connectivity index (χ3n) is 7.29. The topological polar surface area (TPSA) is 191 Å². The first-order valence-electron chi connectivity index (χ1n) is 12.3. The summed E-state index contributed by atoms with van der Waals surface area (Å²) in [6, 6.07) is 5.10. The lowest BCUT2D eigenvalue weighted by molar-refractivity contribution is -0.482. The van der Waals surface area contributed by atoms with E-state index < -0.39 is 67.9 Å². The summed E-state index contributed by atoms with van der Waals surface area (Å²) in [5.74, 6) is -2.04. The average Bonchev–Trinajstić information content (AvgIpc) is 2.80. The molecule has 13 nitrogen and oxygen atoms in total. The number of likely N-dealkylation sites (N-methyl/N-ethyl adjacent to an activating group) is 2. The van der Waals surface area contributed by atoms with E-state index >= 15 is 0 Å². The zero-order chi connectivity index (χ0) is 27.2. The van der Waals surface area contributed by atoms with Gasteiger partial charge in [0.05, 0.1) is 24.3 Å². The largest absolute Gasteiger partial charge is 0.425 e. The molecule has 8 N–H and O–H groups in total. The molecule has 0 spiro atoms. The molecule has 2 saturated heterocycles. The van der Waals surface area contributed by atoms with Gasteiger partial charge in [-0.2, -0.15) is 0 Å². The number of nitrogens with one attached hydrogen (secondary N) is 3. The van der Waals surface area contributed by atoms with Crippen molar-refractivity contribution in [3.05, 3.63) is 29.8 Å². The van der Waals surface area contributed by atoms with Crippen molar-refractivity contribution < 1.29 is 48.6 Å². The zero-order valence-corrected chi connectivity index (χ0v) is 22.2. The lowest BCUT2D eigenvalue weighted by atomic mass is 9.77. The lowest BCUT2D eigenvalue weighted by Crippen LogP contribution is -2.81. The van der Waals surface area contributed by atoms with Gasteiger partial charge in [0.25, 0.3) is 0 Å². The Bertz CT molecular complexity index is 982. The molecule has 0 aromatic heterocycles. The normalized spacial score (nSPS) is 43.4. The molecule has 0 radical (unpaired) electrons. The Balaban J connectivity index is 1.49. The van der Waals surface area contributed by atoms with Gasteiger partial charge in [0.15, 0.2) is 0 Å². The highest BCUT2D eigenvalue weighted by molar-refractivity contribution is 7.52. The molecule has 37 heavy (non-hydrogen) atoms. The van der Waals surface area contributed by atoms with Gasteiger partial charge in [-0.1, -0.05) is 12.1 Å². The van der Waals surface area contributed by atoms with E-state index in [1.807, 2.05) is 0 Å². The van der Waals surface area contributed by atoms with Crippen molar-refractivity contribution in [2.24, 2.45) is 0 Å². The van der Waals surface area contributed by atoms with Gasteiger partial charge in [-0.3, -0.25) is 0 Å². The quantitative estimate of drug-likeness (QED) is 0.171. The molecule has 14 heteroatoms. The molecule has 1 aliphatic carbocycles. The Morgan fingerprint density at radius 3 is 2.30 bits per heavy atom. The van der Waals surface area contributed by atoms with Crippen molar-refractivity contribution in [1.82, 2.24) is 16.0 Å². The van der Waals surface area contributed by atoms with Crippen molar-refractivity contribution in [2.45, 2.75) is 80.2 Å². The molecule has 3 fully saturated rings. The average molecular weight is 548 g/mol. The van der Waals surface area contributed by atoms with E-state index in [0.717, 1.165) is 12.2 Å². The number of aliphatic hydroxyl groups is 4. The van der Waals surface area contributed by atoms with Crippen LogP contribution in [0, 0.1) is 0 Å². The molecule has 0 amide bonds. The SMILES string of the molecule is CN[C@@H]1[C@H](O)[C@H](NC)[C@H]2O[C@]3(O)[C@H](O[C@@H]2[C@H]1O)O[C@H](C)C[C@@]3(O)CNCc1ccc(OP(C)(=O)O)cc1. The maximum atomic E-state index is 11.7. The third-order valence-corrected chi connectivity index (χ3v) is 7.84. The van der Waals surface area contributed by atoms with Gasteiger partial charge in [-0.15, -0.1) is 0 Å². The van der Waals surface area contributed by atoms with Crippen molar-refractivity contribution in [3.8, 4) is 5.75 Å². The van der Waals surface area contributed by atoms with Crippen LogP contribution >= 0.6 is 7.60 Å². The minimum Gasteiger partial charge on any atom is -0.425 e. The summed E-state index contributed by atoms with van der Waals surface area (Å²) >= 11 is 0. The lowest BCUT2D eigenvalue weighted by Gasteiger charge is -2.60. The van der Waals surface area contributed by atoms with Crippen LogP contribution < -0.4 is 20.5 Å². The Morgan fingerprint density at radius 2 is 1.70 bits per heavy atom. The summed E-state index contributed by atoms with van der Waals surface area (Å²) in [7, 11) is -0.426. The molecular formula is C23H38N3O10P. The fourth-order valence-corrected chi connectivity index (χ4v) is 6.02. The first-order chi connectivity index (χ1) is 17.3. The van der Waals surface area contributed by atoms with E-state index in [4.69, 9.17) is 18.7 Å². The summed E-state index contributed by atoms with van der Waals surface area (Å²) in [6.45, 7) is 3.04. The second-order valence-electron chi connectivity index (χ2n) is 10.1. The van der Waals surface area contributed by atoms with E-state index in [9.17, 15) is 29.9 Å². The van der Waals surface area contributed by atoms with Crippen LogP contribution in [-0.4, -0.2) is 113 Å². The number of aliphatic hydroxyl groups excluding tert-OH is 2. The predicted octanol–water partition coefficient (Wildman–Crippen LogP) is -1.78. The van der Waals surface area contributed by atoms with Gasteiger partial charge in [-0.05, 0) is 38.7 Å². The highest BCUT2D eigenvalue weighted by Crippen LogP contribution is 2.46. The Morgan fingerprint density at radius 1 is 1.05 bits per heavy atom. The highest BCUT2D eigenvalue weighted by atomic mass is 31.2. The Kier molecular flexibility index (Phi) is 8.38. The van der Waals surface area contributed by atoms with E-state index in [-0.39, 0.29) is 18.7 Å². The molecule has 1 unspecified atom stereocenters. The van der Waals surface area contributed by atoms with Gasteiger partial charge >= 0.3 is 7.60 Å². The van der Waals surface area contributed by atoms with Crippen molar-refractivity contribution in [2.75, 3.05) is 27.3 Å². The molecule has 1 aromatic carbocycles. The van der Waals surface area contributed by atoms with Crippen LogP contribution in [0.15, 0.2) is 24.3 Å². The Hall–Kier alpha value is -1.19. The highest BCUT2D eigenvalue weighted by Gasteiger charge is 2.68. The summed E-state index contributed by atoms with van der Waals surface area (Å²) in [6.07, 6.45) is -6.01. The second-order valence-corrected chi connectivity index (χ2v) is 11.9. The molecule has 1 aromatic rings. The maximum absolute atomic E-state index is 11.7. The summed E-state index contributed by atoms with van der Waals surface area (Å²) in [5, 5.41) is 54.0. The molecule has 11 atom stereocenters. The van der Waals surface area contributed by atoms with Crippen LogP contribution in [0.2, 0.25) is 0 Å². The molecular weight excluding hydrogens is 509 g/mol. The summed E-state index contributed by atoms with van der Waals surface area (Å²) in [4.78, 5) is 9.36. The Labute approximate surface area is 215 Å². The third kappa shape index (κ3) is 5.60. The van der Waals surface area contributed by atoms with Crippen LogP contribution in [-0.2, 0) is 25.3 Å². The van der Waals surface area contributed by atoms with E-state index in [1.165, 1.54) is 0 Å². The maximum Gasteiger partial charge on any atom is 0.373 e. The molecule has 1 saturated carbocycles. The molecule has 2 heterocycles. The summed E-state index contributed by atoms with van der Waals surface area (Å²) in [5.41, 5.74) is -1.04. The van der Waals surface area contributed by atoms with Crippen LogP contribution in [0.4, 0.5) is 0 Å². The van der Waals surface area contributed by atoms with E-state index in [0.29, 0.717) is 6.54 Å². The first-order valence-corrected chi connectivity index (χ1v) is 14.3. The molecule has 2 aliphatic heterocycles. The van der Waals surface area contributed by atoms with Gasteiger partial charge in [-0.25, -0.2) is 4.57 Å². The summed E-state index contributed by atoms with van der Waals surface area (Å²) < 4.78 is 34.3. The number of rotatable bonds is 8. The monoisotopic (exact) mass is 547 g/mol. The molecule has 210 valence electrons. The number of fused-ring (bicyclic) bond motifs is 2. The number of hydrogen-bond acceptors (Lipinski definition) is 12. The standard InChI is InChI=1S/C23H38N3O10P/c1-12-9-22(29,11-26-10-13-5-7-14(8-6-13)36-37(4,31)32)23(30)21(33-12)34-20-18(28)15(24-2)17(27)16(25-3)19(20)35-23/h5-8,12,15-21,24-30H,9-11H2,1-4H3,(H,31,32)/t12-,15-,16+,17+,18+,19-,20-,21+,22-,23-/m1/s1. The van der Waals surface area contributed by atoms with E-state index in [1.54, 1.807) is 45.3 Å². The fourth-order valence-electron chi connectivity index (χ4n) is 5.51. The van der Waals surface area contributed by atoms with Crippen molar-refractivity contribution >= 4 is 7.60 Å². The molecule has 4 rings (SSSR count). The van der Waals surface area contributed by atoms with Gasteiger partial charge in [0.1, 0.15) is 29.7 Å². The van der Waals surface area contributed by atoms with Gasteiger partial charge in [0.2, 0.25) is 12.1 Å². The van der Waals surface area contributed by atoms with Crippen LogP contribution in [0.3, 0.4) is 0 Å². The number of hydrogen-bond donors (Lipinski definition) is 8. The fraction of sp³-hybridized carbons (Fsp3) is 0.739.